The third-order valence-electron chi connectivity index (χ3n) is 0.289. The van der Waals surface area contributed by atoms with Crippen molar-refractivity contribution in [3.8, 4) is 0 Å². The Bertz CT molecular complexity index is 17.6. The topological polar surface area (TPSA) is 0 Å². The van der Waals surface area contributed by atoms with Crippen LogP contribution in [0.1, 0.15) is 13.3 Å². The molecule has 0 aromatic carbocycles. The minimum absolute atomic E-state index is 0. The number of allylic oxidation sites excluding steroid dienone is 1. The third kappa shape index (κ3) is 13.6. The first kappa shape index (κ1) is 8.99. The van der Waals surface area contributed by atoms with Crippen LogP contribution in [0.4, 0.5) is 0 Å². The largest absolute Gasteiger partial charge is 0.187 e. The molecule has 0 heterocycles. The lowest BCUT2D eigenvalue weighted by Crippen LogP contribution is -1.36. The molecular weight excluding hydrogens is 75.0 g/mol. The average Bonchev–Trinajstić information content (AvgIpc) is 1.37. The van der Waals surface area contributed by atoms with Crippen molar-refractivity contribution in [1.82, 2.24) is 0 Å². The standard InChI is InChI=1S/C4H8.Al.3H/c1-3-4-2;;;;/h3H,1,4H2,2H3;;;;. The van der Waals surface area contributed by atoms with Gasteiger partial charge in [-0.15, -0.1) is 6.58 Å². The zero-order valence-electron chi connectivity index (χ0n) is 2.99. The van der Waals surface area contributed by atoms with E-state index < -0.39 is 0 Å². The van der Waals surface area contributed by atoms with E-state index in [2.05, 4.69) is 13.5 Å². The molecule has 0 fully saturated rings. The first-order valence-corrected chi connectivity index (χ1v) is 1.52. The Balaban J connectivity index is 0. The summed E-state index contributed by atoms with van der Waals surface area (Å²) in [6, 6.07) is 0. The van der Waals surface area contributed by atoms with Crippen LogP contribution in [0.5, 0.6) is 0 Å². The molecule has 0 spiro atoms. The maximum absolute atomic E-state index is 3.48. The molecule has 0 rings (SSSR count). The van der Waals surface area contributed by atoms with Crippen LogP contribution in [-0.2, 0) is 0 Å². The molecule has 0 unspecified atom stereocenters. The number of hydrogen-bond acceptors (Lipinski definition) is 0. The summed E-state index contributed by atoms with van der Waals surface area (Å²) in [6.45, 7) is 5.54. The fourth-order valence-electron chi connectivity index (χ4n) is 0. The van der Waals surface area contributed by atoms with E-state index in [9.17, 15) is 0 Å². The summed E-state index contributed by atoms with van der Waals surface area (Å²) in [6.07, 6.45) is 2.96. The first-order valence-electron chi connectivity index (χ1n) is 1.52. The van der Waals surface area contributed by atoms with Crippen molar-refractivity contribution in [3.63, 3.8) is 0 Å². The lowest BCUT2D eigenvalue weighted by Gasteiger charge is -1.57. The summed E-state index contributed by atoms with van der Waals surface area (Å²) in [4.78, 5) is 0. The van der Waals surface area contributed by atoms with E-state index in [1.807, 2.05) is 6.08 Å². The lowest BCUT2D eigenvalue weighted by atomic mass is 10.5. The molecule has 0 N–H and O–H groups in total. The van der Waals surface area contributed by atoms with Crippen molar-refractivity contribution < 1.29 is 0 Å². The molecule has 0 saturated carbocycles. The van der Waals surface area contributed by atoms with Gasteiger partial charge >= 0.3 is 0 Å². The first-order chi connectivity index (χ1) is 1.91. The van der Waals surface area contributed by atoms with Crippen LogP contribution in [0.2, 0.25) is 0 Å². The van der Waals surface area contributed by atoms with E-state index in [1.165, 1.54) is 0 Å². The molecule has 0 aliphatic carbocycles. The molecule has 0 amide bonds. The number of hydrogen-bond donors (Lipinski definition) is 0. The van der Waals surface area contributed by atoms with Crippen molar-refractivity contribution >= 4 is 17.4 Å². The fraction of sp³-hybridized carbons (Fsp3) is 0.500. The quantitative estimate of drug-likeness (QED) is 0.320. The summed E-state index contributed by atoms with van der Waals surface area (Å²) < 4.78 is 0. The maximum Gasteiger partial charge on any atom is 0.187 e. The molecule has 0 radical (unpaired) electrons. The van der Waals surface area contributed by atoms with Gasteiger partial charge in [-0.1, -0.05) is 13.0 Å². The zero-order chi connectivity index (χ0) is 3.41. The highest BCUT2D eigenvalue weighted by atomic mass is 27.0. The smallest absolute Gasteiger partial charge is 0.103 e. The fourth-order valence-corrected chi connectivity index (χ4v) is 0. The average molecular weight is 86.1 g/mol. The molecule has 0 atom stereocenters. The third-order valence-corrected chi connectivity index (χ3v) is 0.289. The van der Waals surface area contributed by atoms with Crippen LogP contribution >= 0.6 is 0 Å². The summed E-state index contributed by atoms with van der Waals surface area (Å²) in [7, 11) is 0. The predicted octanol–water partition coefficient (Wildman–Crippen LogP) is 0.398. The van der Waals surface area contributed by atoms with Crippen molar-refractivity contribution in [1.29, 1.82) is 0 Å². The normalized spacial score (nSPS) is 5.00. The van der Waals surface area contributed by atoms with Gasteiger partial charge in [0.25, 0.3) is 0 Å². The van der Waals surface area contributed by atoms with Gasteiger partial charge in [0, 0.05) is 0 Å². The van der Waals surface area contributed by atoms with Gasteiger partial charge in [0.1, 0.15) is 0 Å². The van der Waals surface area contributed by atoms with E-state index in [4.69, 9.17) is 0 Å². The van der Waals surface area contributed by atoms with Crippen LogP contribution in [0.25, 0.3) is 0 Å². The zero-order valence-corrected chi connectivity index (χ0v) is 2.99. The van der Waals surface area contributed by atoms with Gasteiger partial charge in [-0.25, -0.2) is 0 Å². The molecular formula is C4H11Al. The maximum atomic E-state index is 3.48. The summed E-state index contributed by atoms with van der Waals surface area (Å²) in [5.74, 6) is 0. The molecule has 0 aliphatic heterocycles. The molecule has 0 aromatic heterocycles. The minimum Gasteiger partial charge on any atom is -0.103 e. The molecule has 1 heteroatoms. The molecule has 0 aromatic rings. The van der Waals surface area contributed by atoms with Gasteiger partial charge in [0.2, 0.25) is 0 Å². The monoisotopic (exact) mass is 86.1 g/mol. The summed E-state index contributed by atoms with van der Waals surface area (Å²) >= 11 is 0. The summed E-state index contributed by atoms with van der Waals surface area (Å²) in [5.41, 5.74) is 0. The van der Waals surface area contributed by atoms with E-state index in [1.54, 1.807) is 0 Å². The highest BCUT2D eigenvalue weighted by Gasteiger charge is 1.45. The van der Waals surface area contributed by atoms with Gasteiger partial charge < -0.3 is 0 Å². The molecule has 5 heavy (non-hydrogen) atoms. The van der Waals surface area contributed by atoms with E-state index in [0.29, 0.717) is 0 Å². The van der Waals surface area contributed by atoms with Crippen molar-refractivity contribution in [2.45, 2.75) is 13.3 Å². The Kier molecular flexibility index (Phi) is 15.9. The van der Waals surface area contributed by atoms with Gasteiger partial charge in [-0.05, 0) is 6.42 Å². The predicted molar refractivity (Wildman–Crippen MR) is 30.4 cm³/mol. The van der Waals surface area contributed by atoms with E-state index in [0.717, 1.165) is 6.42 Å². The Morgan fingerprint density at radius 1 is 1.80 bits per heavy atom. The molecule has 30 valence electrons. The van der Waals surface area contributed by atoms with Crippen LogP contribution in [-0.4, -0.2) is 17.4 Å². The Hall–Kier alpha value is 0.272. The van der Waals surface area contributed by atoms with E-state index in [-0.39, 0.29) is 17.4 Å². The van der Waals surface area contributed by atoms with Crippen LogP contribution < -0.4 is 0 Å². The van der Waals surface area contributed by atoms with Crippen molar-refractivity contribution in [3.05, 3.63) is 12.7 Å². The highest BCUT2D eigenvalue weighted by Crippen LogP contribution is 1.66. The van der Waals surface area contributed by atoms with Crippen molar-refractivity contribution in [2.24, 2.45) is 0 Å². The van der Waals surface area contributed by atoms with Gasteiger partial charge in [-0.2, -0.15) is 0 Å². The van der Waals surface area contributed by atoms with Gasteiger partial charge in [0.05, 0.1) is 0 Å². The van der Waals surface area contributed by atoms with Crippen LogP contribution in [0.3, 0.4) is 0 Å². The molecule has 0 saturated heterocycles. The Labute approximate surface area is 44.0 Å². The second-order valence-corrected chi connectivity index (χ2v) is 0.697. The number of rotatable bonds is 1. The lowest BCUT2D eigenvalue weighted by molar-refractivity contribution is 1.23. The Morgan fingerprint density at radius 2 is 2.00 bits per heavy atom. The highest BCUT2D eigenvalue weighted by molar-refractivity contribution is 5.75. The SMILES string of the molecule is C=CCC.[AlH3]. The van der Waals surface area contributed by atoms with Gasteiger partial charge in [0.15, 0.2) is 17.4 Å². The second kappa shape index (κ2) is 8.86. The second-order valence-electron chi connectivity index (χ2n) is 0.697. The molecule has 0 aliphatic rings. The summed E-state index contributed by atoms with van der Waals surface area (Å²) in [5, 5.41) is 0. The van der Waals surface area contributed by atoms with Crippen LogP contribution in [0, 0.1) is 0 Å². The molecule has 0 bridgehead atoms. The minimum atomic E-state index is 0. The van der Waals surface area contributed by atoms with Crippen LogP contribution in [0.15, 0.2) is 12.7 Å². The van der Waals surface area contributed by atoms with Crippen molar-refractivity contribution in [2.75, 3.05) is 0 Å². The van der Waals surface area contributed by atoms with Gasteiger partial charge in [-0.3, -0.25) is 0 Å². The molecule has 0 nitrogen and oxygen atoms in total. The van der Waals surface area contributed by atoms with E-state index >= 15 is 0 Å². The Morgan fingerprint density at radius 3 is 2.00 bits per heavy atom.